The fourth-order valence-electron chi connectivity index (χ4n) is 3.31. The highest BCUT2D eigenvalue weighted by Gasteiger charge is 2.32. The molecule has 4 nitrogen and oxygen atoms in total. The van der Waals surface area contributed by atoms with Crippen molar-refractivity contribution in [1.82, 2.24) is 4.90 Å². The minimum absolute atomic E-state index is 0.638. The third-order valence-electron chi connectivity index (χ3n) is 4.79. The van der Waals surface area contributed by atoms with Crippen LogP contribution >= 0.6 is 0 Å². The molecule has 1 aliphatic heterocycles. The van der Waals surface area contributed by atoms with E-state index in [4.69, 9.17) is 9.47 Å². The molecule has 0 spiro atoms. The van der Waals surface area contributed by atoms with Gasteiger partial charge in [0, 0.05) is 19.6 Å². The molecule has 1 N–H and O–H groups in total. The largest absolute Gasteiger partial charge is 0.494 e. The number of nitrogens with zero attached hydrogens (tertiary/aromatic N) is 1. The van der Waals surface area contributed by atoms with Crippen molar-refractivity contribution in [2.45, 2.75) is 18.9 Å². The third kappa shape index (κ3) is 4.40. The summed E-state index contributed by atoms with van der Waals surface area (Å²) in [5.41, 5.74) is 0.812. The van der Waals surface area contributed by atoms with Crippen LogP contribution in [0.3, 0.4) is 0 Å². The summed E-state index contributed by atoms with van der Waals surface area (Å²) in [7, 11) is 0. The van der Waals surface area contributed by atoms with Crippen molar-refractivity contribution in [2.75, 3.05) is 39.5 Å². The lowest BCUT2D eigenvalue weighted by atomic mass is 9.83. The second kappa shape index (κ2) is 8.48. The summed E-state index contributed by atoms with van der Waals surface area (Å²) in [5.74, 6) is 0.829. The lowest BCUT2D eigenvalue weighted by Gasteiger charge is -2.34. The number of benzene rings is 2. The number of ether oxygens (including phenoxy) is 2. The van der Waals surface area contributed by atoms with E-state index in [9.17, 15) is 5.11 Å². The van der Waals surface area contributed by atoms with Crippen molar-refractivity contribution in [1.29, 1.82) is 0 Å². The smallest absolute Gasteiger partial charge is 0.119 e. The van der Waals surface area contributed by atoms with Crippen LogP contribution in [-0.2, 0) is 10.3 Å². The first-order chi connectivity index (χ1) is 12.2. The van der Waals surface area contributed by atoms with Gasteiger partial charge in [-0.2, -0.15) is 0 Å². The molecule has 0 saturated carbocycles. The molecule has 1 atom stereocenters. The van der Waals surface area contributed by atoms with E-state index in [-0.39, 0.29) is 0 Å². The normalized spacial score (nSPS) is 17.8. The molecule has 1 heterocycles. The van der Waals surface area contributed by atoms with Crippen LogP contribution in [0.5, 0.6) is 5.75 Å². The van der Waals surface area contributed by atoms with Gasteiger partial charge in [-0.1, -0.05) is 42.5 Å². The Hall–Kier alpha value is -1.88. The van der Waals surface area contributed by atoms with E-state index >= 15 is 0 Å². The second-order valence-electron chi connectivity index (χ2n) is 6.39. The summed E-state index contributed by atoms with van der Waals surface area (Å²) in [5, 5.41) is 11.6. The average molecular weight is 341 g/mol. The Morgan fingerprint density at radius 3 is 2.28 bits per heavy atom. The fraction of sp³-hybridized carbons (Fsp3) is 0.429. The molecule has 1 saturated heterocycles. The quantitative estimate of drug-likeness (QED) is 0.840. The molecule has 3 rings (SSSR count). The molecule has 134 valence electrons. The summed E-state index contributed by atoms with van der Waals surface area (Å²) in [4.78, 5) is 2.35. The molecule has 0 radical (unpaired) electrons. The molecule has 1 fully saturated rings. The van der Waals surface area contributed by atoms with Gasteiger partial charge >= 0.3 is 0 Å². The number of hydrogen-bond donors (Lipinski definition) is 1. The van der Waals surface area contributed by atoms with Gasteiger partial charge in [0.25, 0.3) is 0 Å². The number of aliphatic hydroxyl groups is 1. The monoisotopic (exact) mass is 341 g/mol. The third-order valence-corrected chi connectivity index (χ3v) is 4.79. The van der Waals surface area contributed by atoms with Crippen molar-refractivity contribution in [3.8, 4) is 5.75 Å². The zero-order valence-electron chi connectivity index (χ0n) is 14.9. The van der Waals surface area contributed by atoms with Crippen LogP contribution in [-0.4, -0.2) is 49.5 Å². The SMILES string of the molecule is CCOc1ccc(C(O)(CCN2CCOCC2)c2ccccc2)cc1. The highest BCUT2D eigenvalue weighted by Crippen LogP contribution is 2.34. The zero-order chi connectivity index (χ0) is 17.5. The maximum atomic E-state index is 11.6. The Bertz CT molecular complexity index is 638. The van der Waals surface area contributed by atoms with Gasteiger partial charge in [-0.3, -0.25) is 4.90 Å². The Morgan fingerprint density at radius 2 is 1.64 bits per heavy atom. The van der Waals surface area contributed by atoms with E-state index in [1.165, 1.54) is 0 Å². The van der Waals surface area contributed by atoms with E-state index in [2.05, 4.69) is 4.90 Å². The summed E-state index contributed by atoms with van der Waals surface area (Å²) in [6.45, 7) is 6.83. The Balaban J connectivity index is 1.83. The first-order valence-corrected chi connectivity index (χ1v) is 9.04. The lowest BCUT2D eigenvalue weighted by Crippen LogP contribution is -2.40. The molecule has 25 heavy (non-hydrogen) atoms. The molecule has 0 bridgehead atoms. The molecule has 0 amide bonds. The van der Waals surface area contributed by atoms with Gasteiger partial charge in [0.1, 0.15) is 11.4 Å². The molecule has 1 aliphatic rings. The molecule has 4 heteroatoms. The van der Waals surface area contributed by atoms with E-state index in [0.29, 0.717) is 13.0 Å². The Kier molecular flexibility index (Phi) is 6.08. The number of morpholine rings is 1. The van der Waals surface area contributed by atoms with Crippen LogP contribution < -0.4 is 4.74 Å². The molecular formula is C21H27NO3. The van der Waals surface area contributed by atoms with Crippen molar-refractivity contribution in [3.05, 3.63) is 65.7 Å². The maximum Gasteiger partial charge on any atom is 0.119 e. The minimum Gasteiger partial charge on any atom is -0.494 e. The number of rotatable bonds is 7. The van der Waals surface area contributed by atoms with Crippen molar-refractivity contribution in [3.63, 3.8) is 0 Å². The minimum atomic E-state index is -1.01. The molecule has 0 aromatic heterocycles. The van der Waals surface area contributed by atoms with Gasteiger partial charge in [-0.05, 0) is 36.6 Å². The van der Waals surface area contributed by atoms with Crippen LogP contribution in [0.1, 0.15) is 24.5 Å². The number of hydrogen-bond acceptors (Lipinski definition) is 4. The van der Waals surface area contributed by atoms with Crippen LogP contribution in [0.25, 0.3) is 0 Å². The van der Waals surface area contributed by atoms with Crippen LogP contribution in [0, 0.1) is 0 Å². The summed E-state index contributed by atoms with van der Waals surface area (Å²) < 4.78 is 10.9. The van der Waals surface area contributed by atoms with Gasteiger partial charge in [0.05, 0.1) is 19.8 Å². The van der Waals surface area contributed by atoms with E-state index < -0.39 is 5.60 Å². The second-order valence-corrected chi connectivity index (χ2v) is 6.39. The highest BCUT2D eigenvalue weighted by molar-refractivity contribution is 5.38. The van der Waals surface area contributed by atoms with Crippen molar-refractivity contribution >= 4 is 0 Å². The molecule has 2 aromatic rings. The van der Waals surface area contributed by atoms with E-state index in [1.807, 2.05) is 61.5 Å². The lowest BCUT2D eigenvalue weighted by molar-refractivity contribution is 0.0143. The van der Waals surface area contributed by atoms with Crippen molar-refractivity contribution < 1.29 is 14.6 Å². The first-order valence-electron chi connectivity index (χ1n) is 9.04. The summed E-state index contributed by atoms with van der Waals surface area (Å²) in [6, 6.07) is 17.7. The van der Waals surface area contributed by atoms with E-state index in [1.54, 1.807) is 0 Å². The zero-order valence-corrected chi connectivity index (χ0v) is 14.9. The summed E-state index contributed by atoms with van der Waals surface area (Å²) >= 11 is 0. The van der Waals surface area contributed by atoms with Gasteiger partial charge in [0.2, 0.25) is 0 Å². The first kappa shape index (κ1) is 17.9. The maximum absolute atomic E-state index is 11.6. The average Bonchev–Trinajstić information content (AvgIpc) is 2.68. The molecule has 2 aromatic carbocycles. The van der Waals surface area contributed by atoms with Gasteiger partial charge in [0.15, 0.2) is 0 Å². The topological polar surface area (TPSA) is 41.9 Å². The van der Waals surface area contributed by atoms with Gasteiger partial charge < -0.3 is 14.6 Å². The van der Waals surface area contributed by atoms with Crippen molar-refractivity contribution in [2.24, 2.45) is 0 Å². The highest BCUT2D eigenvalue weighted by atomic mass is 16.5. The van der Waals surface area contributed by atoms with Crippen LogP contribution in [0.4, 0.5) is 0 Å². The van der Waals surface area contributed by atoms with Crippen LogP contribution in [0.15, 0.2) is 54.6 Å². The Morgan fingerprint density at radius 1 is 1.00 bits per heavy atom. The predicted octanol–water partition coefficient (Wildman–Crippen LogP) is 3.04. The predicted molar refractivity (Wildman–Crippen MR) is 98.9 cm³/mol. The standard InChI is InChI=1S/C21H27NO3/c1-2-25-20-10-8-19(9-11-20)21(23,18-6-4-3-5-7-18)12-13-22-14-16-24-17-15-22/h3-11,23H,2,12-17H2,1H3. The van der Waals surface area contributed by atoms with E-state index in [0.717, 1.165) is 49.7 Å². The van der Waals surface area contributed by atoms with Gasteiger partial charge in [-0.25, -0.2) is 0 Å². The fourth-order valence-corrected chi connectivity index (χ4v) is 3.31. The molecule has 1 unspecified atom stereocenters. The Labute approximate surface area is 150 Å². The molecule has 0 aliphatic carbocycles. The molecular weight excluding hydrogens is 314 g/mol. The summed E-state index contributed by atoms with van der Waals surface area (Å²) in [6.07, 6.45) is 0.644. The van der Waals surface area contributed by atoms with Gasteiger partial charge in [-0.15, -0.1) is 0 Å². The van der Waals surface area contributed by atoms with Crippen LogP contribution in [0.2, 0.25) is 0 Å².